The molecule has 8 heteroatoms. The Morgan fingerprint density at radius 3 is 2.33 bits per heavy atom. The second kappa shape index (κ2) is 8.50. The van der Waals surface area contributed by atoms with E-state index in [9.17, 15) is 9.59 Å². The molecule has 0 saturated carbocycles. The van der Waals surface area contributed by atoms with Gasteiger partial charge in [-0.05, 0) is 48.2 Å². The first-order valence-electron chi connectivity index (χ1n) is 8.04. The molecule has 0 atom stereocenters. The number of nitrogens with zero attached hydrogens (tertiary/aromatic N) is 2. The third-order valence-electron chi connectivity index (χ3n) is 3.77. The van der Waals surface area contributed by atoms with Crippen molar-refractivity contribution in [3.63, 3.8) is 0 Å². The van der Waals surface area contributed by atoms with Gasteiger partial charge in [0.05, 0.1) is 19.1 Å². The van der Waals surface area contributed by atoms with E-state index in [0.717, 1.165) is 5.56 Å². The second-order valence-corrected chi connectivity index (χ2v) is 6.43. The summed E-state index contributed by atoms with van der Waals surface area (Å²) in [5.74, 6) is -0.469. The molecular weight excluding hydrogens is 366 g/mol. The Bertz CT molecular complexity index is 936. The number of carbonyl (C=O) groups is 2. The quantitative estimate of drug-likeness (QED) is 0.515. The third kappa shape index (κ3) is 4.73. The second-order valence-electron chi connectivity index (χ2n) is 5.55. The lowest BCUT2D eigenvalue weighted by atomic mass is 10.1. The van der Waals surface area contributed by atoms with Gasteiger partial charge in [-0.2, -0.15) is 0 Å². The number of nitrogens with one attached hydrogen (secondary N) is 1. The van der Waals surface area contributed by atoms with Gasteiger partial charge in [-0.3, -0.25) is 10.1 Å². The average Bonchev–Trinajstić information content (AvgIpc) is 3.14. The normalized spacial score (nSPS) is 10.4. The zero-order valence-corrected chi connectivity index (χ0v) is 15.6. The van der Waals surface area contributed by atoms with Crippen LogP contribution in [0.4, 0.5) is 6.01 Å². The van der Waals surface area contributed by atoms with Crippen LogP contribution in [-0.4, -0.2) is 35.4 Å². The van der Waals surface area contributed by atoms with E-state index in [1.54, 1.807) is 11.8 Å². The van der Waals surface area contributed by atoms with Crippen molar-refractivity contribution < 1.29 is 18.7 Å². The summed E-state index contributed by atoms with van der Waals surface area (Å²) in [7, 11) is 1.30. The molecule has 27 heavy (non-hydrogen) atoms. The molecule has 0 fully saturated rings. The number of benzene rings is 2. The molecule has 1 heterocycles. The predicted molar refractivity (Wildman–Crippen MR) is 101 cm³/mol. The van der Waals surface area contributed by atoms with E-state index in [1.165, 1.54) is 36.3 Å². The zero-order chi connectivity index (χ0) is 19.2. The van der Waals surface area contributed by atoms with E-state index in [4.69, 9.17) is 4.42 Å². The standard InChI is InChI=1S/C19H17N3O4S/c1-25-18(24)14-7-5-13(6-8-14)17(23)20-19-22-21-16(26-19)11-12-3-9-15(27-2)10-4-12/h3-10H,11H2,1-2H3,(H,20,22,23). The molecule has 1 aromatic heterocycles. The molecule has 0 aliphatic heterocycles. The number of rotatable bonds is 6. The van der Waals surface area contributed by atoms with Crippen LogP contribution in [0.1, 0.15) is 32.2 Å². The lowest BCUT2D eigenvalue weighted by molar-refractivity contribution is 0.0600. The van der Waals surface area contributed by atoms with E-state index in [-0.39, 0.29) is 6.01 Å². The van der Waals surface area contributed by atoms with Crippen LogP contribution in [0.5, 0.6) is 0 Å². The van der Waals surface area contributed by atoms with Gasteiger partial charge < -0.3 is 9.15 Å². The molecule has 3 rings (SSSR count). The maximum Gasteiger partial charge on any atom is 0.337 e. The summed E-state index contributed by atoms with van der Waals surface area (Å²) in [4.78, 5) is 24.8. The number of amides is 1. The molecule has 3 aromatic rings. The fourth-order valence-corrected chi connectivity index (χ4v) is 2.75. The number of hydrogen-bond donors (Lipinski definition) is 1. The smallest absolute Gasteiger partial charge is 0.337 e. The highest BCUT2D eigenvalue weighted by molar-refractivity contribution is 7.98. The maximum atomic E-state index is 12.2. The first-order valence-corrected chi connectivity index (χ1v) is 9.26. The van der Waals surface area contributed by atoms with Gasteiger partial charge in [-0.1, -0.05) is 17.2 Å². The van der Waals surface area contributed by atoms with Gasteiger partial charge in [0, 0.05) is 10.5 Å². The van der Waals surface area contributed by atoms with Crippen molar-refractivity contribution in [2.45, 2.75) is 11.3 Å². The van der Waals surface area contributed by atoms with Crippen molar-refractivity contribution >= 4 is 29.7 Å². The van der Waals surface area contributed by atoms with Crippen LogP contribution < -0.4 is 5.32 Å². The molecule has 1 N–H and O–H groups in total. The van der Waals surface area contributed by atoms with Gasteiger partial charge in [0.15, 0.2) is 0 Å². The summed E-state index contributed by atoms with van der Waals surface area (Å²) in [5.41, 5.74) is 1.75. The highest BCUT2D eigenvalue weighted by Gasteiger charge is 2.13. The fourth-order valence-electron chi connectivity index (χ4n) is 2.34. The Morgan fingerprint density at radius 2 is 1.70 bits per heavy atom. The molecule has 138 valence electrons. The van der Waals surface area contributed by atoms with E-state index >= 15 is 0 Å². The molecule has 0 radical (unpaired) electrons. The van der Waals surface area contributed by atoms with Crippen molar-refractivity contribution in [2.24, 2.45) is 0 Å². The number of methoxy groups -OCH3 is 1. The molecule has 2 aromatic carbocycles. The summed E-state index contributed by atoms with van der Waals surface area (Å²) in [6.07, 6.45) is 2.50. The van der Waals surface area contributed by atoms with Crippen LogP contribution in [0.3, 0.4) is 0 Å². The Hall–Kier alpha value is -3.13. The van der Waals surface area contributed by atoms with E-state index in [0.29, 0.717) is 23.4 Å². The molecule has 0 aliphatic rings. The van der Waals surface area contributed by atoms with Crippen LogP contribution in [0, 0.1) is 0 Å². The van der Waals surface area contributed by atoms with Crippen molar-refractivity contribution in [3.05, 3.63) is 71.1 Å². The largest absolute Gasteiger partial charge is 0.465 e. The number of esters is 1. The van der Waals surface area contributed by atoms with Crippen LogP contribution in [0.15, 0.2) is 57.8 Å². The summed E-state index contributed by atoms with van der Waals surface area (Å²) < 4.78 is 10.1. The Morgan fingerprint density at radius 1 is 1.04 bits per heavy atom. The van der Waals surface area contributed by atoms with Gasteiger partial charge in [0.2, 0.25) is 5.89 Å². The Labute approximate surface area is 160 Å². The number of anilines is 1. The molecule has 0 spiro atoms. The number of aromatic nitrogens is 2. The lowest BCUT2D eigenvalue weighted by Gasteiger charge is -2.02. The molecule has 0 bridgehead atoms. The van der Waals surface area contributed by atoms with Crippen LogP contribution >= 0.6 is 11.8 Å². The minimum Gasteiger partial charge on any atom is -0.465 e. The highest BCUT2D eigenvalue weighted by atomic mass is 32.2. The number of carbonyl (C=O) groups excluding carboxylic acids is 2. The maximum absolute atomic E-state index is 12.2. The summed E-state index contributed by atoms with van der Waals surface area (Å²) in [6.45, 7) is 0. The van der Waals surface area contributed by atoms with Gasteiger partial charge in [-0.15, -0.1) is 16.9 Å². The van der Waals surface area contributed by atoms with Gasteiger partial charge >= 0.3 is 12.0 Å². The monoisotopic (exact) mass is 383 g/mol. The molecule has 0 aliphatic carbocycles. The van der Waals surface area contributed by atoms with Crippen LogP contribution in [0.25, 0.3) is 0 Å². The molecule has 0 saturated heterocycles. The zero-order valence-electron chi connectivity index (χ0n) is 14.8. The van der Waals surface area contributed by atoms with Crippen molar-refractivity contribution in [2.75, 3.05) is 18.7 Å². The molecule has 0 unspecified atom stereocenters. The van der Waals surface area contributed by atoms with E-state index < -0.39 is 11.9 Å². The molecular formula is C19H17N3O4S. The van der Waals surface area contributed by atoms with Crippen molar-refractivity contribution in [1.29, 1.82) is 0 Å². The van der Waals surface area contributed by atoms with E-state index in [1.807, 2.05) is 30.5 Å². The predicted octanol–water partition coefficient (Wildman–Crippen LogP) is 3.42. The first-order chi connectivity index (χ1) is 13.1. The van der Waals surface area contributed by atoms with Crippen molar-refractivity contribution in [3.8, 4) is 0 Å². The number of hydrogen-bond acceptors (Lipinski definition) is 7. The van der Waals surface area contributed by atoms with Crippen molar-refractivity contribution in [1.82, 2.24) is 10.2 Å². The fraction of sp³-hybridized carbons (Fsp3) is 0.158. The summed E-state index contributed by atoms with van der Waals surface area (Å²) in [6, 6.07) is 14.1. The van der Waals surface area contributed by atoms with Crippen LogP contribution in [-0.2, 0) is 11.2 Å². The Kier molecular flexibility index (Phi) is 5.87. The average molecular weight is 383 g/mol. The highest BCUT2D eigenvalue weighted by Crippen LogP contribution is 2.17. The Balaban J connectivity index is 1.62. The van der Waals surface area contributed by atoms with Gasteiger partial charge in [0.25, 0.3) is 5.91 Å². The van der Waals surface area contributed by atoms with Crippen LogP contribution in [0.2, 0.25) is 0 Å². The van der Waals surface area contributed by atoms with Gasteiger partial charge in [-0.25, -0.2) is 4.79 Å². The minimum atomic E-state index is -0.464. The number of thioether (sulfide) groups is 1. The third-order valence-corrected chi connectivity index (χ3v) is 4.51. The molecule has 1 amide bonds. The molecule has 7 nitrogen and oxygen atoms in total. The van der Waals surface area contributed by atoms with E-state index in [2.05, 4.69) is 20.3 Å². The first kappa shape index (κ1) is 18.7. The summed E-state index contributed by atoms with van der Waals surface area (Å²) >= 11 is 1.67. The lowest BCUT2D eigenvalue weighted by Crippen LogP contribution is -2.12. The summed E-state index contributed by atoms with van der Waals surface area (Å²) in [5, 5.41) is 10.3. The topological polar surface area (TPSA) is 94.3 Å². The van der Waals surface area contributed by atoms with Gasteiger partial charge in [0.1, 0.15) is 0 Å². The minimum absolute atomic E-state index is 0.0211. The SMILES string of the molecule is COC(=O)c1ccc(C(=O)Nc2nnc(Cc3ccc(SC)cc3)o2)cc1. The number of ether oxygens (including phenoxy) is 1.